The molecule has 2 aromatic carbocycles. The summed E-state index contributed by atoms with van der Waals surface area (Å²) >= 11 is 0. The fourth-order valence-corrected chi connectivity index (χ4v) is 1.31. The predicted octanol–water partition coefficient (Wildman–Crippen LogP) is 3.91. The number of rotatable bonds is 0. The van der Waals surface area contributed by atoms with Crippen molar-refractivity contribution >= 4 is 10.8 Å². The normalized spacial score (nSPS) is 7.81. The molecule has 0 aliphatic carbocycles. The average molecular weight is 220 g/mol. The van der Waals surface area contributed by atoms with Crippen LogP contribution in [0.3, 0.4) is 0 Å². The molecule has 5 N–H and O–H groups in total. The second-order valence-corrected chi connectivity index (χ2v) is 2.85. The zero-order valence-electron chi connectivity index (χ0n) is 10.8. The van der Waals surface area contributed by atoms with Gasteiger partial charge in [0, 0.05) is 0 Å². The van der Waals surface area contributed by atoms with Gasteiger partial charge < -0.3 is 11.9 Å². The van der Waals surface area contributed by atoms with Crippen molar-refractivity contribution in [2.45, 2.75) is 20.8 Å². The lowest BCUT2D eigenvalue weighted by molar-refractivity contribution is 1.48. The second-order valence-electron chi connectivity index (χ2n) is 2.85. The Morgan fingerprint density at radius 3 is 1.88 bits per heavy atom. The van der Waals surface area contributed by atoms with Gasteiger partial charge in [0.1, 0.15) is 0 Å². The molecule has 0 bridgehead atoms. The molecule has 0 atom stereocenters. The minimum atomic E-state index is 0. The largest absolute Gasteiger partial charge is 0.344 e. The monoisotopic (exact) mass is 220 g/mol. The Morgan fingerprint density at radius 2 is 1.31 bits per heavy atom. The first kappa shape index (κ1) is 17.0. The van der Waals surface area contributed by atoms with Gasteiger partial charge in [-0.05, 0) is 24.7 Å². The van der Waals surface area contributed by atoms with E-state index in [1.54, 1.807) is 0 Å². The number of benzene rings is 2. The molecule has 0 radical (unpaired) electrons. The maximum absolute atomic E-state index is 4.50. The first-order chi connectivity index (χ1) is 7.36. The summed E-state index contributed by atoms with van der Waals surface area (Å²) < 4.78 is 0. The van der Waals surface area contributed by atoms with E-state index in [1.165, 1.54) is 23.4 Å². The second kappa shape index (κ2) is 10.1. The molecule has 2 aromatic rings. The predicted molar refractivity (Wildman–Crippen MR) is 75.2 cm³/mol. The topological polar surface area (TPSA) is 61.0 Å². The van der Waals surface area contributed by atoms with E-state index in [9.17, 15) is 0 Å². The van der Waals surface area contributed by atoms with Gasteiger partial charge in [0.15, 0.2) is 0 Å². The zero-order chi connectivity index (χ0) is 11.7. The molecule has 0 amide bonds. The van der Waals surface area contributed by atoms with E-state index in [0.29, 0.717) is 0 Å². The summed E-state index contributed by atoms with van der Waals surface area (Å²) in [6, 6.07) is 14.9. The van der Waals surface area contributed by atoms with Crippen LogP contribution in [0, 0.1) is 6.92 Å². The van der Waals surface area contributed by atoms with Gasteiger partial charge in [0.2, 0.25) is 0 Å². The molecule has 2 heteroatoms. The van der Waals surface area contributed by atoms with Gasteiger partial charge in [-0.25, -0.2) is 0 Å². The zero-order valence-corrected chi connectivity index (χ0v) is 10.8. The lowest BCUT2D eigenvalue weighted by Gasteiger charge is -1.96. The third kappa shape index (κ3) is 4.91. The number of aryl methyl sites for hydroxylation is 1. The minimum Gasteiger partial charge on any atom is -0.344 e. The van der Waals surface area contributed by atoms with E-state index < -0.39 is 0 Å². The molecule has 0 unspecified atom stereocenters. The number of nitrogens with two attached hydrogens (primary N) is 1. The molecule has 90 valence electrons. The number of fused-ring (bicyclic) bond motifs is 1. The average Bonchev–Trinajstić information content (AvgIpc) is 2.34. The fraction of sp³-hybridized carbons (Fsp3) is 0.286. The van der Waals surface area contributed by atoms with Crippen molar-refractivity contribution in [3.63, 3.8) is 0 Å². The van der Waals surface area contributed by atoms with Crippen LogP contribution >= 0.6 is 0 Å². The Hall–Kier alpha value is -1.38. The molecule has 2 rings (SSSR count). The Bertz CT molecular complexity index is 383. The fourth-order valence-electron chi connectivity index (χ4n) is 1.31. The van der Waals surface area contributed by atoms with Crippen molar-refractivity contribution in [3.05, 3.63) is 48.0 Å². The van der Waals surface area contributed by atoms with Crippen molar-refractivity contribution in [1.29, 1.82) is 0 Å². The highest BCUT2D eigenvalue weighted by molar-refractivity contribution is 5.82. The number of hydrogen-bond acceptors (Lipinski definition) is 2. The maximum atomic E-state index is 4.50. The lowest BCUT2D eigenvalue weighted by Crippen LogP contribution is -1.73. The molecular weight excluding hydrogens is 196 g/mol. The van der Waals surface area contributed by atoms with E-state index in [4.69, 9.17) is 0 Å². The SMILES string of the molecule is CC.CN.Cc1ccc2ccccc2c1.N. The molecule has 0 aliphatic heterocycles. The third-order valence-electron chi connectivity index (χ3n) is 1.90. The summed E-state index contributed by atoms with van der Waals surface area (Å²) in [5, 5.41) is 2.64. The van der Waals surface area contributed by atoms with Crippen molar-refractivity contribution in [1.82, 2.24) is 6.15 Å². The van der Waals surface area contributed by atoms with Crippen LogP contribution in [-0.4, -0.2) is 7.05 Å². The lowest BCUT2D eigenvalue weighted by atomic mass is 10.1. The summed E-state index contributed by atoms with van der Waals surface area (Å²) in [5.41, 5.74) is 5.82. The van der Waals surface area contributed by atoms with Crippen LogP contribution in [-0.2, 0) is 0 Å². The molecule has 0 aliphatic rings. The minimum absolute atomic E-state index is 0. The van der Waals surface area contributed by atoms with E-state index >= 15 is 0 Å². The van der Waals surface area contributed by atoms with Gasteiger partial charge in [0.25, 0.3) is 0 Å². The van der Waals surface area contributed by atoms with E-state index in [0.717, 1.165) is 0 Å². The molecular formula is C14H24N2. The highest BCUT2D eigenvalue weighted by atomic mass is 14.4. The Kier molecular flexibility index (Phi) is 10.8. The van der Waals surface area contributed by atoms with Crippen LogP contribution in [0.5, 0.6) is 0 Å². The highest BCUT2D eigenvalue weighted by Crippen LogP contribution is 2.14. The van der Waals surface area contributed by atoms with Gasteiger partial charge in [-0.15, -0.1) is 0 Å². The van der Waals surface area contributed by atoms with Crippen LogP contribution < -0.4 is 11.9 Å². The molecule has 2 nitrogen and oxygen atoms in total. The Labute approximate surface area is 99.1 Å². The van der Waals surface area contributed by atoms with Crippen LogP contribution in [0.25, 0.3) is 10.8 Å². The Balaban J connectivity index is 0. The molecule has 16 heavy (non-hydrogen) atoms. The van der Waals surface area contributed by atoms with Gasteiger partial charge in [-0.2, -0.15) is 0 Å². The van der Waals surface area contributed by atoms with Gasteiger partial charge >= 0.3 is 0 Å². The third-order valence-corrected chi connectivity index (χ3v) is 1.90. The van der Waals surface area contributed by atoms with Crippen molar-refractivity contribution in [3.8, 4) is 0 Å². The first-order valence-electron chi connectivity index (χ1n) is 5.39. The smallest absolute Gasteiger partial charge is 0.0181 e. The van der Waals surface area contributed by atoms with E-state index in [2.05, 4.69) is 55.1 Å². The van der Waals surface area contributed by atoms with Crippen molar-refractivity contribution in [2.75, 3.05) is 7.05 Å². The van der Waals surface area contributed by atoms with Crippen LogP contribution in [0.1, 0.15) is 19.4 Å². The van der Waals surface area contributed by atoms with Gasteiger partial charge in [-0.1, -0.05) is 61.9 Å². The van der Waals surface area contributed by atoms with E-state index in [1.807, 2.05) is 13.8 Å². The van der Waals surface area contributed by atoms with Gasteiger partial charge in [0.05, 0.1) is 0 Å². The molecule has 0 saturated heterocycles. The molecule has 0 spiro atoms. The summed E-state index contributed by atoms with van der Waals surface area (Å²) in [5.74, 6) is 0. The quantitative estimate of drug-likeness (QED) is 0.707. The first-order valence-corrected chi connectivity index (χ1v) is 5.39. The van der Waals surface area contributed by atoms with Crippen molar-refractivity contribution < 1.29 is 0 Å². The van der Waals surface area contributed by atoms with E-state index in [-0.39, 0.29) is 6.15 Å². The standard InChI is InChI=1S/C11H10.C2H6.CH5N.H3N/c1-9-6-7-10-4-2-3-5-11(10)8-9;2*1-2;/h2-8H,1H3;1-2H3;2H2,1H3;1H3. The molecule has 0 heterocycles. The summed E-state index contributed by atoms with van der Waals surface area (Å²) in [6.07, 6.45) is 0. The Morgan fingerprint density at radius 1 is 0.812 bits per heavy atom. The molecule has 0 fully saturated rings. The van der Waals surface area contributed by atoms with Crippen LogP contribution in [0.2, 0.25) is 0 Å². The highest BCUT2D eigenvalue weighted by Gasteiger charge is 1.89. The van der Waals surface area contributed by atoms with Crippen molar-refractivity contribution in [2.24, 2.45) is 5.73 Å². The van der Waals surface area contributed by atoms with Crippen LogP contribution in [0.15, 0.2) is 42.5 Å². The van der Waals surface area contributed by atoms with Crippen LogP contribution in [0.4, 0.5) is 0 Å². The summed E-state index contributed by atoms with van der Waals surface area (Å²) in [6.45, 7) is 6.12. The summed E-state index contributed by atoms with van der Waals surface area (Å²) in [4.78, 5) is 0. The molecule has 0 saturated carbocycles. The summed E-state index contributed by atoms with van der Waals surface area (Å²) in [7, 11) is 1.50. The number of hydrogen-bond donors (Lipinski definition) is 2. The molecule has 0 aromatic heterocycles. The van der Waals surface area contributed by atoms with Gasteiger partial charge in [-0.3, -0.25) is 0 Å². The maximum Gasteiger partial charge on any atom is -0.0181 e.